The molecule has 0 aliphatic rings. The Morgan fingerprint density at radius 3 is 2.14 bits per heavy atom. The molecule has 0 fully saturated rings. The van der Waals surface area contributed by atoms with Crippen LogP contribution in [-0.4, -0.2) is 50.5 Å². The van der Waals surface area contributed by atoms with Gasteiger partial charge in [-0.15, -0.1) is 0 Å². The van der Waals surface area contributed by atoms with Crippen molar-refractivity contribution in [3.63, 3.8) is 0 Å². The van der Waals surface area contributed by atoms with Crippen LogP contribution in [0.1, 0.15) is 48.9 Å². The quantitative estimate of drug-likeness (QED) is 0.270. The normalized spacial score (nSPS) is 12.2. The molecule has 0 aliphatic heterocycles. The van der Waals surface area contributed by atoms with Gasteiger partial charge in [0.2, 0.25) is 21.8 Å². The first kappa shape index (κ1) is 32.8. The van der Waals surface area contributed by atoms with E-state index in [1.165, 1.54) is 15.3 Å². The summed E-state index contributed by atoms with van der Waals surface area (Å²) in [6, 6.07) is 20.3. The number of benzene rings is 3. The molecule has 1 atom stereocenters. The highest BCUT2D eigenvalue weighted by Crippen LogP contribution is 2.23. The van der Waals surface area contributed by atoms with Crippen molar-refractivity contribution in [3.05, 3.63) is 101 Å². The Labute approximate surface area is 249 Å². The van der Waals surface area contributed by atoms with Crippen LogP contribution in [0.3, 0.4) is 0 Å². The molecule has 1 N–H and O–H groups in total. The summed E-state index contributed by atoms with van der Waals surface area (Å²) in [6.45, 7) is 8.20. The number of hydrogen-bond donors (Lipinski definition) is 1. The van der Waals surface area contributed by atoms with Crippen LogP contribution in [0.5, 0.6) is 0 Å². The van der Waals surface area contributed by atoms with Crippen LogP contribution in [0.4, 0.5) is 10.1 Å². The van der Waals surface area contributed by atoms with E-state index in [0.717, 1.165) is 22.9 Å². The maximum atomic E-state index is 14.8. The zero-order valence-electron chi connectivity index (χ0n) is 25.1. The molecule has 0 heterocycles. The van der Waals surface area contributed by atoms with Crippen molar-refractivity contribution in [3.8, 4) is 0 Å². The van der Waals surface area contributed by atoms with Crippen molar-refractivity contribution < 1.29 is 22.4 Å². The number of nitrogens with one attached hydrogen (secondary N) is 1. The maximum Gasteiger partial charge on any atom is 0.243 e. The molecule has 0 spiro atoms. The predicted molar refractivity (Wildman–Crippen MR) is 166 cm³/mol. The summed E-state index contributed by atoms with van der Waals surface area (Å²) >= 11 is 0. The second kappa shape index (κ2) is 15.0. The number of halogens is 1. The molecule has 42 heavy (non-hydrogen) atoms. The Bertz CT molecular complexity index is 1440. The van der Waals surface area contributed by atoms with Gasteiger partial charge in [0.15, 0.2) is 0 Å². The molecule has 9 heteroatoms. The lowest BCUT2D eigenvalue weighted by Gasteiger charge is -2.32. The van der Waals surface area contributed by atoms with E-state index < -0.39 is 21.9 Å². The predicted octanol–water partition coefficient (Wildman–Crippen LogP) is 5.40. The molecule has 3 aromatic rings. The molecule has 0 bridgehead atoms. The maximum absolute atomic E-state index is 14.8. The van der Waals surface area contributed by atoms with Gasteiger partial charge in [-0.25, -0.2) is 12.8 Å². The van der Waals surface area contributed by atoms with E-state index in [-0.39, 0.29) is 50.1 Å². The van der Waals surface area contributed by atoms with Gasteiger partial charge in [0.1, 0.15) is 11.9 Å². The third kappa shape index (κ3) is 9.69. The van der Waals surface area contributed by atoms with E-state index in [2.05, 4.69) is 5.32 Å². The zero-order valence-corrected chi connectivity index (χ0v) is 26.0. The number of rotatable bonds is 14. The summed E-state index contributed by atoms with van der Waals surface area (Å²) in [5.41, 5.74) is 3.57. The number of aryl methyl sites for hydroxylation is 2. The van der Waals surface area contributed by atoms with Gasteiger partial charge in [0.05, 0.1) is 11.9 Å². The first-order chi connectivity index (χ1) is 19.8. The molecular weight excluding hydrogens is 553 g/mol. The largest absolute Gasteiger partial charge is 0.354 e. The van der Waals surface area contributed by atoms with Gasteiger partial charge in [0.25, 0.3) is 0 Å². The van der Waals surface area contributed by atoms with Gasteiger partial charge in [0, 0.05) is 38.0 Å². The Hall–Kier alpha value is -3.72. The summed E-state index contributed by atoms with van der Waals surface area (Å²) in [5.74, 6) is -0.929. The molecule has 3 rings (SSSR count). The number of amides is 2. The second-order valence-corrected chi connectivity index (χ2v) is 13.1. The van der Waals surface area contributed by atoms with Crippen molar-refractivity contribution in [1.82, 2.24) is 10.2 Å². The lowest BCUT2D eigenvalue weighted by atomic mass is 10.0. The lowest BCUT2D eigenvalue weighted by Crippen LogP contribution is -2.51. The molecule has 0 radical (unpaired) electrons. The number of hydrogen-bond acceptors (Lipinski definition) is 4. The molecule has 1 unspecified atom stereocenters. The first-order valence-corrected chi connectivity index (χ1v) is 16.1. The number of sulfonamides is 1. The van der Waals surface area contributed by atoms with E-state index in [1.807, 2.05) is 64.1 Å². The molecule has 226 valence electrons. The topological polar surface area (TPSA) is 86.8 Å². The summed E-state index contributed by atoms with van der Waals surface area (Å²) in [5, 5.41) is 2.95. The van der Waals surface area contributed by atoms with Crippen LogP contribution in [0, 0.1) is 25.6 Å². The van der Waals surface area contributed by atoms with Crippen molar-refractivity contribution in [2.75, 3.05) is 23.7 Å². The molecule has 0 saturated heterocycles. The van der Waals surface area contributed by atoms with Crippen molar-refractivity contribution >= 4 is 27.5 Å². The average molecular weight is 596 g/mol. The smallest absolute Gasteiger partial charge is 0.243 e. The molecule has 2 amide bonds. The first-order valence-electron chi connectivity index (χ1n) is 14.3. The minimum absolute atomic E-state index is 0.0198. The third-order valence-corrected chi connectivity index (χ3v) is 8.09. The van der Waals surface area contributed by atoms with Gasteiger partial charge in [-0.1, -0.05) is 68.4 Å². The van der Waals surface area contributed by atoms with Gasteiger partial charge < -0.3 is 10.2 Å². The highest BCUT2D eigenvalue weighted by Gasteiger charge is 2.31. The van der Waals surface area contributed by atoms with Crippen LogP contribution in [0.15, 0.2) is 72.8 Å². The summed E-state index contributed by atoms with van der Waals surface area (Å²) in [4.78, 5) is 28.8. The van der Waals surface area contributed by atoms with Crippen LogP contribution < -0.4 is 9.62 Å². The fourth-order valence-electron chi connectivity index (χ4n) is 4.89. The van der Waals surface area contributed by atoms with Gasteiger partial charge in [-0.05, 0) is 61.1 Å². The Morgan fingerprint density at radius 1 is 0.929 bits per heavy atom. The average Bonchev–Trinajstić information content (AvgIpc) is 2.91. The molecule has 0 aromatic heterocycles. The van der Waals surface area contributed by atoms with Gasteiger partial charge in [-0.2, -0.15) is 0 Å². The van der Waals surface area contributed by atoms with Crippen LogP contribution in [0.25, 0.3) is 0 Å². The fraction of sp³-hybridized carbons (Fsp3) is 0.394. The minimum atomic E-state index is -3.62. The van der Waals surface area contributed by atoms with Gasteiger partial charge in [-0.3, -0.25) is 13.9 Å². The monoisotopic (exact) mass is 595 g/mol. The lowest BCUT2D eigenvalue weighted by molar-refractivity contribution is -0.141. The summed E-state index contributed by atoms with van der Waals surface area (Å²) in [7, 11) is -3.62. The Kier molecular flexibility index (Phi) is 11.7. The van der Waals surface area contributed by atoms with E-state index in [0.29, 0.717) is 17.8 Å². The highest BCUT2D eigenvalue weighted by atomic mass is 32.2. The summed E-state index contributed by atoms with van der Waals surface area (Å²) in [6.07, 6.45) is 1.60. The van der Waals surface area contributed by atoms with E-state index in [4.69, 9.17) is 0 Å². The minimum Gasteiger partial charge on any atom is -0.354 e. The van der Waals surface area contributed by atoms with Crippen molar-refractivity contribution in [2.45, 2.75) is 59.5 Å². The third-order valence-electron chi connectivity index (χ3n) is 6.90. The van der Waals surface area contributed by atoms with Gasteiger partial charge >= 0.3 is 0 Å². The molecular formula is C33H42FN3O4S. The Balaban J connectivity index is 1.90. The molecule has 7 nitrogen and oxygen atoms in total. The standard InChI is InChI=1S/C33H42FN3O4S/c1-24(2)22-35-33(39)31(21-27-12-7-6-8-13-27)36(23-28-14-9-10-15-30(28)34)32(38)16-11-17-37(42(5,40)41)29-19-25(3)18-26(4)20-29/h6-10,12-15,18-20,24,31H,11,16-17,21-23H2,1-5H3,(H,35,39). The van der Waals surface area contributed by atoms with Crippen LogP contribution in [-0.2, 0) is 32.6 Å². The number of carbonyl (C=O) groups excluding carboxylic acids is 2. The molecule has 0 saturated carbocycles. The number of anilines is 1. The van der Waals surface area contributed by atoms with E-state index in [1.54, 1.807) is 30.3 Å². The van der Waals surface area contributed by atoms with E-state index >= 15 is 0 Å². The number of carbonyl (C=O) groups is 2. The zero-order chi connectivity index (χ0) is 30.9. The SMILES string of the molecule is Cc1cc(C)cc(N(CCCC(=O)N(Cc2ccccc2F)C(Cc2ccccc2)C(=O)NCC(C)C)S(C)(=O)=O)c1. The second-order valence-electron chi connectivity index (χ2n) is 11.2. The van der Waals surface area contributed by atoms with Crippen molar-refractivity contribution in [1.29, 1.82) is 0 Å². The highest BCUT2D eigenvalue weighted by molar-refractivity contribution is 7.92. The van der Waals surface area contributed by atoms with Crippen molar-refractivity contribution in [2.24, 2.45) is 5.92 Å². The van der Waals surface area contributed by atoms with Crippen LogP contribution in [0.2, 0.25) is 0 Å². The number of nitrogens with zero attached hydrogens (tertiary/aromatic N) is 2. The summed E-state index contributed by atoms with van der Waals surface area (Å²) < 4.78 is 41.5. The molecule has 3 aromatic carbocycles. The van der Waals surface area contributed by atoms with E-state index in [9.17, 15) is 22.4 Å². The molecule has 0 aliphatic carbocycles. The fourth-order valence-corrected chi connectivity index (χ4v) is 5.83. The Morgan fingerprint density at radius 2 is 1.55 bits per heavy atom. The van der Waals surface area contributed by atoms with Crippen LogP contribution >= 0.6 is 0 Å².